The van der Waals surface area contributed by atoms with Crippen molar-refractivity contribution in [1.29, 1.82) is 0 Å². The molecule has 2 heterocycles. The molecule has 21 heavy (non-hydrogen) atoms. The first-order valence-electron chi connectivity index (χ1n) is 7.42. The second-order valence-electron chi connectivity index (χ2n) is 6.18. The summed E-state index contributed by atoms with van der Waals surface area (Å²) in [6.07, 6.45) is 2.42. The quantitative estimate of drug-likeness (QED) is 0.882. The first-order chi connectivity index (χ1) is 9.92. The Morgan fingerprint density at radius 1 is 1.38 bits per heavy atom. The molecule has 6 nitrogen and oxygen atoms in total. The third kappa shape index (κ3) is 2.80. The number of nitrogens with zero attached hydrogens (tertiary/aromatic N) is 3. The van der Waals surface area contributed by atoms with Gasteiger partial charge in [0.25, 0.3) is 0 Å². The average Bonchev–Trinajstić information content (AvgIpc) is 2.89. The highest BCUT2D eigenvalue weighted by molar-refractivity contribution is 5.83. The predicted octanol–water partition coefficient (Wildman–Crippen LogP) is 1.60. The Morgan fingerprint density at radius 3 is 2.67 bits per heavy atom. The molecule has 0 spiro atoms. The molecule has 6 heteroatoms. The van der Waals surface area contributed by atoms with E-state index in [0.717, 1.165) is 30.2 Å². The fourth-order valence-electron chi connectivity index (χ4n) is 3.00. The van der Waals surface area contributed by atoms with E-state index in [-0.39, 0.29) is 11.3 Å². The number of rotatable bonds is 4. The molecular weight excluding hydrogens is 266 g/mol. The molecule has 0 radical (unpaired) electrons. The predicted molar refractivity (Wildman–Crippen MR) is 84.7 cm³/mol. The smallest absolute Gasteiger partial charge is 0.227 e. The molecule has 1 aliphatic heterocycles. The average molecular weight is 291 g/mol. The summed E-state index contributed by atoms with van der Waals surface area (Å²) >= 11 is 0. The highest BCUT2D eigenvalue weighted by Crippen LogP contribution is 2.37. The third-order valence-corrected chi connectivity index (χ3v) is 4.23. The van der Waals surface area contributed by atoms with Crippen molar-refractivity contribution >= 4 is 17.5 Å². The minimum atomic E-state index is -0.353. The molecule has 116 valence electrons. The summed E-state index contributed by atoms with van der Waals surface area (Å²) in [5, 5.41) is 5.91. The second-order valence-corrected chi connectivity index (χ2v) is 6.18. The van der Waals surface area contributed by atoms with Crippen LogP contribution in [0.2, 0.25) is 0 Å². The summed E-state index contributed by atoms with van der Waals surface area (Å²) < 4.78 is 0. The summed E-state index contributed by atoms with van der Waals surface area (Å²) in [6, 6.07) is 0. The van der Waals surface area contributed by atoms with Gasteiger partial charge in [-0.25, -0.2) is 9.97 Å². The highest BCUT2D eigenvalue weighted by Gasteiger charge is 2.41. The van der Waals surface area contributed by atoms with Gasteiger partial charge in [0.15, 0.2) is 0 Å². The molecule has 0 aliphatic carbocycles. The van der Waals surface area contributed by atoms with Crippen LogP contribution in [0.15, 0.2) is 6.33 Å². The van der Waals surface area contributed by atoms with Crippen molar-refractivity contribution in [3.8, 4) is 0 Å². The van der Waals surface area contributed by atoms with Gasteiger partial charge >= 0.3 is 0 Å². The molecule has 1 saturated heterocycles. The van der Waals surface area contributed by atoms with E-state index in [2.05, 4.69) is 39.3 Å². The van der Waals surface area contributed by atoms with Gasteiger partial charge < -0.3 is 15.5 Å². The molecule has 1 amide bonds. The molecule has 0 aromatic carbocycles. The number of aromatic nitrogens is 2. The van der Waals surface area contributed by atoms with Crippen molar-refractivity contribution in [2.45, 2.75) is 33.1 Å². The van der Waals surface area contributed by atoms with Gasteiger partial charge in [-0.3, -0.25) is 4.79 Å². The fraction of sp³-hybridized carbons (Fsp3) is 0.667. The lowest BCUT2D eigenvalue weighted by Crippen LogP contribution is -2.39. The molecular formula is C15H25N5O. The zero-order chi connectivity index (χ0) is 15.6. The maximum absolute atomic E-state index is 12.1. The lowest BCUT2D eigenvalue weighted by atomic mass is 9.89. The van der Waals surface area contributed by atoms with Gasteiger partial charge in [-0.1, -0.05) is 13.8 Å². The van der Waals surface area contributed by atoms with Crippen LogP contribution in [-0.2, 0) is 4.79 Å². The van der Waals surface area contributed by atoms with E-state index in [1.807, 2.05) is 14.0 Å². The zero-order valence-corrected chi connectivity index (χ0v) is 13.5. The van der Waals surface area contributed by atoms with E-state index in [1.165, 1.54) is 0 Å². The molecule has 1 atom stereocenters. The van der Waals surface area contributed by atoms with Gasteiger partial charge in [0, 0.05) is 32.7 Å². The summed E-state index contributed by atoms with van der Waals surface area (Å²) in [4.78, 5) is 23.1. The lowest BCUT2D eigenvalue weighted by molar-refractivity contribution is -0.128. The van der Waals surface area contributed by atoms with Crippen LogP contribution >= 0.6 is 0 Å². The van der Waals surface area contributed by atoms with E-state index in [9.17, 15) is 4.79 Å². The number of amides is 1. The molecule has 1 aromatic heterocycles. The Balaban J connectivity index is 2.34. The minimum Gasteiger partial charge on any atom is -0.373 e. The number of anilines is 2. The van der Waals surface area contributed by atoms with E-state index in [0.29, 0.717) is 12.5 Å². The molecule has 1 aromatic rings. The second kappa shape index (κ2) is 5.87. The minimum absolute atomic E-state index is 0.0963. The van der Waals surface area contributed by atoms with E-state index in [1.54, 1.807) is 13.4 Å². The molecule has 0 bridgehead atoms. The van der Waals surface area contributed by atoms with E-state index < -0.39 is 0 Å². The third-order valence-electron chi connectivity index (χ3n) is 4.23. The fourth-order valence-corrected chi connectivity index (χ4v) is 3.00. The van der Waals surface area contributed by atoms with Gasteiger partial charge in [0.2, 0.25) is 5.91 Å². The largest absolute Gasteiger partial charge is 0.373 e. The van der Waals surface area contributed by atoms with E-state index in [4.69, 9.17) is 0 Å². The van der Waals surface area contributed by atoms with Crippen LogP contribution in [0.3, 0.4) is 0 Å². The lowest BCUT2D eigenvalue weighted by Gasteiger charge is -2.26. The number of carbonyl (C=O) groups is 1. The van der Waals surface area contributed by atoms with Crippen molar-refractivity contribution in [3.63, 3.8) is 0 Å². The number of carbonyl (C=O) groups excluding carboxylic acids is 1. The Bertz CT molecular complexity index is 531. The van der Waals surface area contributed by atoms with Gasteiger partial charge in [0.1, 0.15) is 18.0 Å². The van der Waals surface area contributed by atoms with Crippen molar-refractivity contribution in [2.75, 3.05) is 37.4 Å². The van der Waals surface area contributed by atoms with Crippen molar-refractivity contribution in [2.24, 2.45) is 5.41 Å². The summed E-state index contributed by atoms with van der Waals surface area (Å²) in [7, 11) is 3.57. The zero-order valence-electron chi connectivity index (χ0n) is 13.5. The summed E-state index contributed by atoms with van der Waals surface area (Å²) in [6.45, 7) is 7.81. The van der Waals surface area contributed by atoms with Crippen LogP contribution in [0.25, 0.3) is 0 Å². The van der Waals surface area contributed by atoms with E-state index >= 15 is 0 Å². The highest BCUT2D eigenvalue weighted by atomic mass is 16.2. The first-order valence-corrected chi connectivity index (χ1v) is 7.42. The Hall–Kier alpha value is -1.85. The maximum Gasteiger partial charge on any atom is 0.227 e. The van der Waals surface area contributed by atoms with Crippen LogP contribution in [-0.4, -0.2) is 43.1 Å². The van der Waals surface area contributed by atoms with Crippen LogP contribution in [0, 0.1) is 5.41 Å². The molecule has 2 rings (SSSR count). The Kier molecular flexibility index (Phi) is 4.34. The Morgan fingerprint density at radius 2 is 2.10 bits per heavy atom. The molecule has 1 unspecified atom stereocenters. The number of nitrogens with one attached hydrogen (secondary N) is 2. The number of hydrogen-bond donors (Lipinski definition) is 2. The normalized spacial score (nSPS) is 21.7. The van der Waals surface area contributed by atoms with Crippen molar-refractivity contribution < 1.29 is 4.79 Å². The van der Waals surface area contributed by atoms with Gasteiger partial charge in [-0.15, -0.1) is 0 Å². The first kappa shape index (κ1) is 15.5. The van der Waals surface area contributed by atoms with Crippen molar-refractivity contribution in [3.05, 3.63) is 11.9 Å². The monoisotopic (exact) mass is 291 g/mol. The van der Waals surface area contributed by atoms with Crippen LogP contribution in [0.5, 0.6) is 0 Å². The van der Waals surface area contributed by atoms with Crippen LogP contribution in [0.4, 0.5) is 11.6 Å². The van der Waals surface area contributed by atoms with Gasteiger partial charge in [-0.2, -0.15) is 0 Å². The maximum atomic E-state index is 12.1. The summed E-state index contributed by atoms with van der Waals surface area (Å²) in [5.74, 6) is 2.22. The summed E-state index contributed by atoms with van der Waals surface area (Å²) in [5.41, 5.74) is 0.759. The standard InChI is InChI=1S/C15H25N5O/c1-10(2)11-12(16-4)18-9-19-13(11)20-7-6-15(3,8-20)14(21)17-5/h9-10H,6-8H2,1-5H3,(H,17,21)(H,16,18,19). The Labute approximate surface area is 126 Å². The molecule has 1 aliphatic rings. The molecule has 1 fully saturated rings. The molecule has 0 saturated carbocycles. The van der Waals surface area contributed by atoms with Gasteiger partial charge in [-0.05, 0) is 19.3 Å². The van der Waals surface area contributed by atoms with Crippen LogP contribution in [0.1, 0.15) is 38.7 Å². The van der Waals surface area contributed by atoms with Crippen molar-refractivity contribution in [1.82, 2.24) is 15.3 Å². The van der Waals surface area contributed by atoms with Crippen LogP contribution < -0.4 is 15.5 Å². The topological polar surface area (TPSA) is 70.2 Å². The SMILES string of the molecule is CNC(=O)C1(C)CCN(c2ncnc(NC)c2C(C)C)C1. The van der Waals surface area contributed by atoms with Gasteiger partial charge in [0.05, 0.1) is 5.41 Å². The molecule has 2 N–H and O–H groups in total. The number of hydrogen-bond acceptors (Lipinski definition) is 5.